The molecule has 0 radical (unpaired) electrons. The molecule has 5 rings (SSSR count). The van der Waals surface area contributed by atoms with Crippen LogP contribution in [0, 0.1) is 6.92 Å². The molecule has 39 heavy (non-hydrogen) atoms. The predicted octanol–water partition coefficient (Wildman–Crippen LogP) is 4.18. The summed E-state index contributed by atoms with van der Waals surface area (Å²) in [7, 11) is 1.62. The van der Waals surface area contributed by atoms with Gasteiger partial charge in [-0.15, -0.1) is 0 Å². The Morgan fingerprint density at radius 1 is 1.08 bits per heavy atom. The molecular weight excluding hydrogens is 519 g/mol. The summed E-state index contributed by atoms with van der Waals surface area (Å²) in [5.41, 5.74) is 3.21. The minimum absolute atomic E-state index is 0.247. The Labute approximate surface area is 218 Å². The molecule has 4 aromatic heterocycles. The molecule has 0 bridgehead atoms. The molecule has 11 nitrogen and oxygen atoms in total. The van der Waals surface area contributed by atoms with Gasteiger partial charge in [-0.25, -0.2) is 19.4 Å². The third kappa shape index (κ3) is 5.84. The van der Waals surface area contributed by atoms with Crippen molar-refractivity contribution in [2.75, 3.05) is 12.4 Å². The zero-order chi connectivity index (χ0) is 28.2. The van der Waals surface area contributed by atoms with Crippen LogP contribution in [0.3, 0.4) is 0 Å². The maximum atomic E-state index is 13.1. The molecule has 200 valence electrons. The number of benzene rings is 1. The van der Waals surface area contributed by atoms with Gasteiger partial charge in [0.1, 0.15) is 17.3 Å². The number of amides is 1. The molecule has 4 heterocycles. The smallest absolute Gasteiger partial charge is 0.490 e. The lowest BCUT2D eigenvalue weighted by molar-refractivity contribution is -0.192. The minimum Gasteiger partial charge on any atom is -0.497 e. The van der Waals surface area contributed by atoms with Crippen molar-refractivity contribution < 1.29 is 32.6 Å². The van der Waals surface area contributed by atoms with Gasteiger partial charge < -0.3 is 15.2 Å². The zero-order valence-corrected chi connectivity index (χ0v) is 20.4. The number of nitrogens with zero attached hydrogens (tertiary/aromatic N) is 6. The Hall–Kier alpha value is -5.27. The number of hydrogen-bond acceptors (Lipinski definition) is 7. The molecule has 0 aliphatic heterocycles. The lowest BCUT2D eigenvalue weighted by Crippen LogP contribution is -2.21. The first-order chi connectivity index (χ1) is 18.6. The van der Waals surface area contributed by atoms with E-state index < -0.39 is 12.1 Å². The highest BCUT2D eigenvalue weighted by molar-refractivity contribution is 6.07. The van der Waals surface area contributed by atoms with Crippen LogP contribution in [0.15, 0.2) is 73.4 Å². The number of halogens is 3. The number of carboxylic acids is 1. The fraction of sp³-hybridized carbons (Fsp3) is 0.120. The van der Waals surface area contributed by atoms with Crippen LogP contribution in [-0.4, -0.2) is 59.4 Å². The summed E-state index contributed by atoms with van der Waals surface area (Å²) < 4.78 is 40.7. The van der Waals surface area contributed by atoms with Gasteiger partial charge >= 0.3 is 12.1 Å². The lowest BCUT2D eigenvalue weighted by Gasteiger charge is -2.08. The van der Waals surface area contributed by atoms with Crippen LogP contribution in [0.5, 0.6) is 5.75 Å². The average molecular weight is 539 g/mol. The number of carboxylic acid groups (broad SMARTS) is 1. The third-order valence-electron chi connectivity index (χ3n) is 5.32. The number of alkyl halides is 3. The van der Waals surface area contributed by atoms with Crippen molar-refractivity contribution >= 4 is 23.2 Å². The number of aryl methyl sites for hydroxylation is 1. The number of methoxy groups -OCH3 is 1. The van der Waals surface area contributed by atoms with Crippen LogP contribution in [-0.2, 0) is 4.79 Å². The van der Waals surface area contributed by atoms with Crippen LogP contribution in [0.25, 0.3) is 22.7 Å². The van der Waals surface area contributed by atoms with E-state index in [0.29, 0.717) is 28.6 Å². The first-order valence-corrected chi connectivity index (χ1v) is 11.1. The van der Waals surface area contributed by atoms with Crippen molar-refractivity contribution in [3.8, 4) is 23.0 Å². The number of nitrogens with one attached hydrogen (secondary N) is 1. The minimum atomic E-state index is -5.08. The molecule has 0 aliphatic carbocycles. The Bertz CT molecular complexity index is 1650. The van der Waals surface area contributed by atoms with Crippen molar-refractivity contribution in [3.05, 3.63) is 84.7 Å². The van der Waals surface area contributed by atoms with Gasteiger partial charge in [0.2, 0.25) is 0 Å². The molecule has 0 saturated carbocycles. The van der Waals surface area contributed by atoms with Crippen LogP contribution in [0.2, 0.25) is 0 Å². The van der Waals surface area contributed by atoms with Gasteiger partial charge in [0.25, 0.3) is 5.91 Å². The third-order valence-corrected chi connectivity index (χ3v) is 5.32. The molecule has 5 aromatic rings. The number of carbonyl (C=O) groups is 2. The number of pyridine rings is 1. The van der Waals surface area contributed by atoms with Crippen molar-refractivity contribution in [1.82, 2.24) is 29.1 Å². The standard InChI is InChI=1S/C23H19N7O2.C2HF3O2/c1-15-5-4-9-25-21(15)28-23(31)20-19-14-24-11-12-29(19)22(27-20)18-8-10-26-30(18)16-6-3-7-17(13-16)32-2;3-2(4,5)1(6)7/h3-14H,1-2H3,(H,25,28,31);(H,6,7). The highest BCUT2D eigenvalue weighted by Crippen LogP contribution is 2.26. The Morgan fingerprint density at radius 3 is 2.54 bits per heavy atom. The van der Waals surface area contributed by atoms with E-state index >= 15 is 0 Å². The van der Waals surface area contributed by atoms with Gasteiger partial charge in [0, 0.05) is 24.7 Å². The topological polar surface area (TPSA) is 137 Å². The molecule has 1 aromatic carbocycles. The van der Waals surface area contributed by atoms with E-state index in [9.17, 15) is 18.0 Å². The quantitative estimate of drug-likeness (QED) is 0.340. The molecule has 14 heteroatoms. The summed E-state index contributed by atoms with van der Waals surface area (Å²) in [6, 6.07) is 13.1. The second kappa shape index (κ2) is 11.0. The number of imidazole rings is 1. The Kier molecular flexibility index (Phi) is 7.56. The first kappa shape index (κ1) is 26.8. The molecule has 0 spiro atoms. The molecule has 1 amide bonds. The fourth-order valence-electron chi connectivity index (χ4n) is 3.49. The maximum absolute atomic E-state index is 13.1. The molecule has 0 aliphatic rings. The summed E-state index contributed by atoms with van der Waals surface area (Å²) in [6.07, 6.45) is 3.27. The molecule has 0 atom stereocenters. The molecule has 0 saturated heterocycles. The van der Waals surface area contributed by atoms with Gasteiger partial charge in [0.15, 0.2) is 11.5 Å². The Morgan fingerprint density at radius 2 is 1.85 bits per heavy atom. The summed E-state index contributed by atoms with van der Waals surface area (Å²) in [4.78, 5) is 35.1. The van der Waals surface area contributed by atoms with E-state index in [1.807, 2.05) is 53.8 Å². The summed E-state index contributed by atoms with van der Waals surface area (Å²) in [5.74, 6) is -1.36. The largest absolute Gasteiger partial charge is 0.497 e. The van der Waals surface area contributed by atoms with E-state index in [0.717, 1.165) is 11.3 Å². The zero-order valence-electron chi connectivity index (χ0n) is 20.4. The second-order valence-corrected chi connectivity index (χ2v) is 7.87. The van der Waals surface area contributed by atoms with Crippen molar-refractivity contribution in [1.29, 1.82) is 0 Å². The SMILES string of the molecule is COc1cccc(-n2nccc2-c2nc(C(=O)Nc3ncccc3C)c3cnccn23)c1.O=C(O)C(F)(F)F. The van der Waals surface area contributed by atoms with Gasteiger partial charge in [-0.05, 0) is 36.8 Å². The Balaban J connectivity index is 0.000000448. The number of anilines is 1. The van der Waals surface area contributed by atoms with E-state index in [2.05, 4.69) is 25.4 Å². The number of fused-ring (bicyclic) bond motifs is 1. The predicted molar refractivity (Wildman–Crippen MR) is 133 cm³/mol. The summed E-state index contributed by atoms with van der Waals surface area (Å²) >= 11 is 0. The van der Waals surface area contributed by atoms with Crippen LogP contribution in [0.4, 0.5) is 19.0 Å². The number of rotatable bonds is 5. The van der Waals surface area contributed by atoms with E-state index in [4.69, 9.17) is 14.6 Å². The molecule has 2 N–H and O–H groups in total. The van der Waals surface area contributed by atoms with Gasteiger partial charge in [-0.1, -0.05) is 12.1 Å². The second-order valence-electron chi connectivity index (χ2n) is 7.87. The normalized spacial score (nSPS) is 11.0. The number of aliphatic carboxylic acids is 1. The summed E-state index contributed by atoms with van der Waals surface area (Å²) in [6.45, 7) is 1.88. The summed E-state index contributed by atoms with van der Waals surface area (Å²) in [5, 5.41) is 14.4. The fourth-order valence-corrected chi connectivity index (χ4v) is 3.49. The monoisotopic (exact) mass is 539 g/mol. The molecule has 0 fully saturated rings. The van der Waals surface area contributed by atoms with E-state index in [1.54, 1.807) is 42.8 Å². The van der Waals surface area contributed by atoms with Gasteiger partial charge in [0.05, 0.1) is 30.7 Å². The van der Waals surface area contributed by atoms with Crippen molar-refractivity contribution in [2.45, 2.75) is 13.1 Å². The van der Waals surface area contributed by atoms with E-state index in [1.165, 1.54) is 0 Å². The molecular formula is C25H20F3N7O4. The number of carbonyl (C=O) groups excluding carboxylic acids is 1. The molecule has 0 unspecified atom stereocenters. The van der Waals surface area contributed by atoms with Gasteiger partial charge in [-0.2, -0.15) is 18.3 Å². The lowest BCUT2D eigenvalue weighted by atomic mass is 10.3. The maximum Gasteiger partial charge on any atom is 0.490 e. The van der Waals surface area contributed by atoms with Crippen molar-refractivity contribution in [2.24, 2.45) is 0 Å². The van der Waals surface area contributed by atoms with E-state index in [-0.39, 0.29) is 11.6 Å². The van der Waals surface area contributed by atoms with Crippen LogP contribution < -0.4 is 10.1 Å². The number of hydrogen-bond donors (Lipinski definition) is 2. The van der Waals surface area contributed by atoms with Gasteiger partial charge in [-0.3, -0.25) is 14.2 Å². The van der Waals surface area contributed by atoms with Crippen LogP contribution in [0.1, 0.15) is 16.1 Å². The highest BCUT2D eigenvalue weighted by atomic mass is 19.4. The van der Waals surface area contributed by atoms with Crippen molar-refractivity contribution in [3.63, 3.8) is 0 Å². The van der Waals surface area contributed by atoms with Crippen LogP contribution >= 0.6 is 0 Å². The number of ether oxygens (including phenoxy) is 1. The average Bonchev–Trinajstić information content (AvgIpc) is 3.55. The first-order valence-electron chi connectivity index (χ1n) is 11.1. The highest BCUT2D eigenvalue weighted by Gasteiger charge is 2.38. The number of aromatic nitrogens is 6.